The molecule has 9 heteroatoms. The van der Waals surface area contributed by atoms with Gasteiger partial charge in [0.15, 0.2) is 5.78 Å². The molecule has 1 aromatic rings. The summed E-state index contributed by atoms with van der Waals surface area (Å²) in [5.74, 6) is -1.10. The standard InChI is InChI=1S/C15H19F3N2O3S/c1-19(2)24(22,23)20-8-4-6-12(10-20)14(21)11-5-3-7-13(9-11)15(16,17)18/h3,5,7,9,12H,4,6,8,10H2,1-2H3/t12-/m0/s1. The van der Waals surface area contributed by atoms with Crippen LogP contribution in [0.15, 0.2) is 24.3 Å². The number of Topliss-reactive ketones (excluding diaryl/α,β-unsaturated/α-hetero) is 1. The highest BCUT2D eigenvalue weighted by atomic mass is 32.2. The SMILES string of the molecule is CN(C)S(=O)(=O)N1CCC[C@H](C(=O)c2cccc(C(F)(F)F)c2)C1. The first kappa shape index (κ1) is 18.9. The fourth-order valence-corrected chi connectivity index (χ4v) is 3.87. The maximum atomic E-state index is 12.8. The van der Waals surface area contributed by atoms with Crippen molar-refractivity contribution in [2.45, 2.75) is 19.0 Å². The molecule has 1 atom stereocenters. The van der Waals surface area contributed by atoms with Gasteiger partial charge >= 0.3 is 6.18 Å². The van der Waals surface area contributed by atoms with Crippen molar-refractivity contribution in [2.75, 3.05) is 27.2 Å². The number of alkyl halides is 3. The third kappa shape index (κ3) is 3.96. The van der Waals surface area contributed by atoms with E-state index in [1.54, 1.807) is 0 Å². The first-order chi connectivity index (χ1) is 11.0. The highest BCUT2D eigenvalue weighted by Crippen LogP contribution is 2.31. The molecule has 2 rings (SSSR count). The predicted molar refractivity (Wildman–Crippen MR) is 82.7 cm³/mol. The Morgan fingerprint density at radius 3 is 2.54 bits per heavy atom. The molecule has 0 spiro atoms. The second-order valence-electron chi connectivity index (χ2n) is 5.93. The molecular formula is C15H19F3N2O3S. The second kappa shape index (κ2) is 6.81. The van der Waals surface area contributed by atoms with Crippen LogP contribution in [0.2, 0.25) is 0 Å². The van der Waals surface area contributed by atoms with Crippen molar-refractivity contribution in [1.29, 1.82) is 0 Å². The van der Waals surface area contributed by atoms with E-state index in [9.17, 15) is 26.4 Å². The summed E-state index contributed by atoms with van der Waals surface area (Å²) in [7, 11) is -0.853. The quantitative estimate of drug-likeness (QED) is 0.771. The summed E-state index contributed by atoms with van der Waals surface area (Å²) < 4.78 is 64.9. The van der Waals surface area contributed by atoms with Crippen LogP contribution in [0.4, 0.5) is 13.2 Å². The molecule has 0 bridgehead atoms. The van der Waals surface area contributed by atoms with Gasteiger partial charge in [-0.15, -0.1) is 0 Å². The molecule has 0 aliphatic carbocycles. The highest BCUT2D eigenvalue weighted by molar-refractivity contribution is 7.86. The molecule has 1 aliphatic rings. The number of benzene rings is 1. The molecule has 1 aromatic carbocycles. The van der Waals surface area contributed by atoms with Gasteiger partial charge in [-0.2, -0.15) is 30.2 Å². The lowest BCUT2D eigenvalue weighted by Gasteiger charge is -2.32. The summed E-state index contributed by atoms with van der Waals surface area (Å²) in [6, 6.07) is 4.24. The fourth-order valence-electron chi connectivity index (χ4n) is 2.68. The zero-order valence-electron chi connectivity index (χ0n) is 13.4. The first-order valence-corrected chi connectivity index (χ1v) is 8.82. The summed E-state index contributed by atoms with van der Waals surface area (Å²) >= 11 is 0. The Labute approximate surface area is 139 Å². The van der Waals surface area contributed by atoms with Crippen molar-refractivity contribution in [3.05, 3.63) is 35.4 Å². The summed E-state index contributed by atoms with van der Waals surface area (Å²) in [6.45, 7) is 0.280. The summed E-state index contributed by atoms with van der Waals surface area (Å²) in [6.07, 6.45) is -3.58. The smallest absolute Gasteiger partial charge is 0.294 e. The van der Waals surface area contributed by atoms with Crippen LogP contribution in [0, 0.1) is 5.92 Å². The minimum atomic E-state index is -4.52. The Hall–Kier alpha value is -1.45. The summed E-state index contributed by atoms with van der Waals surface area (Å²) in [4.78, 5) is 12.5. The number of halogens is 3. The Balaban J connectivity index is 2.21. The average molecular weight is 364 g/mol. The number of carbonyl (C=O) groups excluding carboxylic acids is 1. The molecule has 0 amide bonds. The fraction of sp³-hybridized carbons (Fsp3) is 0.533. The van der Waals surface area contributed by atoms with E-state index >= 15 is 0 Å². The van der Waals surface area contributed by atoms with Gasteiger partial charge in [0.25, 0.3) is 10.2 Å². The Bertz CT molecular complexity index is 717. The molecule has 1 aliphatic heterocycles. The molecule has 5 nitrogen and oxygen atoms in total. The zero-order chi connectivity index (χ0) is 18.1. The minimum absolute atomic E-state index is 0.0183. The molecule has 1 saturated heterocycles. The van der Waals surface area contributed by atoms with Crippen LogP contribution in [-0.4, -0.2) is 50.0 Å². The van der Waals surface area contributed by atoms with E-state index in [0.717, 1.165) is 16.4 Å². The average Bonchev–Trinajstić information content (AvgIpc) is 2.53. The number of hydrogen-bond donors (Lipinski definition) is 0. The molecule has 0 saturated carbocycles. The number of rotatable bonds is 4. The van der Waals surface area contributed by atoms with E-state index in [1.165, 1.54) is 30.5 Å². The Morgan fingerprint density at radius 2 is 1.96 bits per heavy atom. The third-order valence-electron chi connectivity index (χ3n) is 4.02. The first-order valence-electron chi connectivity index (χ1n) is 7.42. The van der Waals surface area contributed by atoms with Crippen LogP contribution < -0.4 is 0 Å². The van der Waals surface area contributed by atoms with Crippen molar-refractivity contribution < 1.29 is 26.4 Å². The van der Waals surface area contributed by atoms with Gasteiger partial charge < -0.3 is 0 Å². The number of piperidine rings is 1. The van der Waals surface area contributed by atoms with Crippen molar-refractivity contribution in [3.8, 4) is 0 Å². The number of hydrogen-bond acceptors (Lipinski definition) is 3. The molecule has 0 aromatic heterocycles. The number of ketones is 1. The van der Waals surface area contributed by atoms with Crippen molar-refractivity contribution in [1.82, 2.24) is 8.61 Å². The van der Waals surface area contributed by atoms with Gasteiger partial charge in [0.2, 0.25) is 0 Å². The van der Waals surface area contributed by atoms with E-state index in [4.69, 9.17) is 0 Å². The van der Waals surface area contributed by atoms with Crippen LogP contribution in [0.1, 0.15) is 28.8 Å². The molecule has 1 heterocycles. The molecule has 0 unspecified atom stereocenters. The van der Waals surface area contributed by atoms with E-state index in [0.29, 0.717) is 19.4 Å². The van der Waals surface area contributed by atoms with Crippen molar-refractivity contribution in [2.24, 2.45) is 5.92 Å². The molecule has 24 heavy (non-hydrogen) atoms. The lowest BCUT2D eigenvalue weighted by atomic mass is 9.90. The van der Waals surface area contributed by atoms with E-state index in [1.807, 2.05) is 0 Å². The second-order valence-corrected chi connectivity index (χ2v) is 8.07. The van der Waals surface area contributed by atoms with Gasteiger partial charge in [-0.25, -0.2) is 0 Å². The van der Waals surface area contributed by atoms with Gasteiger partial charge in [0.1, 0.15) is 0 Å². The molecule has 0 radical (unpaired) electrons. The Morgan fingerprint density at radius 1 is 1.29 bits per heavy atom. The van der Waals surface area contributed by atoms with E-state index in [-0.39, 0.29) is 12.1 Å². The lowest BCUT2D eigenvalue weighted by molar-refractivity contribution is -0.137. The maximum absolute atomic E-state index is 12.8. The van der Waals surface area contributed by atoms with Gasteiger partial charge in [0.05, 0.1) is 5.56 Å². The van der Waals surface area contributed by atoms with E-state index < -0.39 is 33.7 Å². The van der Waals surface area contributed by atoms with E-state index in [2.05, 4.69) is 0 Å². The molecular weight excluding hydrogens is 345 g/mol. The molecule has 1 fully saturated rings. The number of nitrogens with zero attached hydrogens (tertiary/aromatic N) is 2. The monoisotopic (exact) mass is 364 g/mol. The van der Waals surface area contributed by atoms with Crippen LogP contribution in [0.3, 0.4) is 0 Å². The Kier molecular flexibility index (Phi) is 5.36. The zero-order valence-corrected chi connectivity index (χ0v) is 14.2. The van der Waals surface area contributed by atoms with Crippen molar-refractivity contribution >= 4 is 16.0 Å². The third-order valence-corrected chi connectivity index (χ3v) is 5.92. The van der Waals surface area contributed by atoms with Gasteiger partial charge in [0, 0.05) is 38.7 Å². The minimum Gasteiger partial charge on any atom is -0.294 e. The molecule has 134 valence electrons. The number of carbonyl (C=O) groups is 1. The lowest BCUT2D eigenvalue weighted by Crippen LogP contribution is -2.46. The summed E-state index contributed by atoms with van der Waals surface area (Å²) in [5.41, 5.74) is -0.930. The predicted octanol–water partition coefficient (Wildman–Crippen LogP) is 2.41. The van der Waals surface area contributed by atoms with Gasteiger partial charge in [-0.05, 0) is 25.0 Å². The largest absolute Gasteiger partial charge is 0.416 e. The van der Waals surface area contributed by atoms with Crippen LogP contribution in [-0.2, 0) is 16.4 Å². The maximum Gasteiger partial charge on any atom is 0.416 e. The topological polar surface area (TPSA) is 57.7 Å². The summed E-state index contributed by atoms with van der Waals surface area (Å²) in [5, 5.41) is 0. The van der Waals surface area contributed by atoms with Crippen molar-refractivity contribution in [3.63, 3.8) is 0 Å². The highest BCUT2D eigenvalue weighted by Gasteiger charge is 2.35. The normalized spacial score (nSPS) is 20.3. The van der Waals surface area contributed by atoms with Gasteiger partial charge in [-0.1, -0.05) is 12.1 Å². The van der Waals surface area contributed by atoms with Gasteiger partial charge in [-0.3, -0.25) is 4.79 Å². The van der Waals surface area contributed by atoms with Crippen LogP contribution >= 0.6 is 0 Å². The van der Waals surface area contributed by atoms with Crippen LogP contribution in [0.25, 0.3) is 0 Å². The van der Waals surface area contributed by atoms with Crippen LogP contribution in [0.5, 0.6) is 0 Å². The molecule has 0 N–H and O–H groups in total.